The largest absolute Gasteiger partial charge is 0.383 e. The van der Waals surface area contributed by atoms with E-state index in [2.05, 4.69) is 24.1 Å². The summed E-state index contributed by atoms with van der Waals surface area (Å²) in [5.74, 6) is 0.643. The first-order chi connectivity index (χ1) is 8.69. The van der Waals surface area contributed by atoms with E-state index in [0.29, 0.717) is 12.0 Å². The van der Waals surface area contributed by atoms with Crippen LogP contribution in [0.4, 0.5) is 0 Å². The average Bonchev–Trinajstić information content (AvgIpc) is 3.15. The average molecular weight is 258 g/mol. The Balaban J connectivity index is 2.43. The van der Waals surface area contributed by atoms with E-state index in [4.69, 9.17) is 9.47 Å². The number of nitrogens with one attached hydrogen (secondary N) is 1. The van der Waals surface area contributed by atoms with E-state index in [1.807, 2.05) is 0 Å². The summed E-state index contributed by atoms with van der Waals surface area (Å²) >= 11 is 0. The quantitative estimate of drug-likeness (QED) is 0.607. The lowest BCUT2D eigenvalue weighted by atomic mass is 10.0. The second-order valence-corrected chi connectivity index (χ2v) is 5.52. The molecular formula is C14H30N2O2. The summed E-state index contributed by atoms with van der Waals surface area (Å²) in [6, 6.07) is 1.34. The zero-order chi connectivity index (χ0) is 13.4. The van der Waals surface area contributed by atoms with Crippen LogP contribution in [0.2, 0.25) is 0 Å². The number of nitrogens with zero attached hydrogens (tertiary/aromatic N) is 1. The van der Waals surface area contributed by atoms with Gasteiger partial charge in [0.2, 0.25) is 0 Å². The maximum atomic E-state index is 5.22. The van der Waals surface area contributed by atoms with Crippen molar-refractivity contribution in [2.45, 2.75) is 38.8 Å². The molecule has 1 saturated carbocycles. The summed E-state index contributed by atoms with van der Waals surface area (Å²) in [6.45, 7) is 9.21. The SMILES string of the molecule is COCCN(CCOC)C(CNC1CC1)C(C)C. The normalized spacial score (nSPS) is 17.7. The minimum Gasteiger partial charge on any atom is -0.383 e. The van der Waals surface area contributed by atoms with Crippen LogP contribution in [0.1, 0.15) is 26.7 Å². The minimum atomic E-state index is 0.566. The molecule has 0 heterocycles. The Morgan fingerprint density at radius 3 is 2.06 bits per heavy atom. The molecule has 1 atom stereocenters. The van der Waals surface area contributed by atoms with Gasteiger partial charge in [-0.25, -0.2) is 0 Å². The molecule has 0 bridgehead atoms. The molecule has 0 aromatic carbocycles. The van der Waals surface area contributed by atoms with E-state index in [0.717, 1.165) is 38.9 Å². The molecule has 0 amide bonds. The second kappa shape index (κ2) is 8.86. The standard InChI is InChI=1S/C14H30N2O2/c1-12(2)14(11-15-13-5-6-13)16(7-9-17-3)8-10-18-4/h12-15H,5-11H2,1-4H3. The van der Waals surface area contributed by atoms with Crippen LogP contribution in [-0.2, 0) is 9.47 Å². The van der Waals surface area contributed by atoms with Gasteiger partial charge in [-0.15, -0.1) is 0 Å². The van der Waals surface area contributed by atoms with Crippen molar-refractivity contribution in [2.24, 2.45) is 5.92 Å². The van der Waals surface area contributed by atoms with Gasteiger partial charge in [0.25, 0.3) is 0 Å². The van der Waals surface area contributed by atoms with Gasteiger partial charge in [0, 0.05) is 45.9 Å². The number of hydrogen-bond acceptors (Lipinski definition) is 4. The van der Waals surface area contributed by atoms with Gasteiger partial charge >= 0.3 is 0 Å². The summed E-state index contributed by atoms with van der Waals surface area (Å²) in [5, 5.41) is 3.65. The van der Waals surface area contributed by atoms with Gasteiger partial charge in [-0.3, -0.25) is 4.90 Å². The predicted octanol–water partition coefficient (Wildman–Crippen LogP) is 1.36. The summed E-state index contributed by atoms with van der Waals surface area (Å²) in [5.41, 5.74) is 0. The third kappa shape index (κ3) is 6.14. The highest BCUT2D eigenvalue weighted by atomic mass is 16.5. The molecule has 0 aromatic heterocycles. The van der Waals surface area contributed by atoms with Crippen molar-refractivity contribution in [1.82, 2.24) is 10.2 Å². The maximum absolute atomic E-state index is 5.22. The lowest BCUT2D eigenvalue weighted by Gasteiger charge is -2.34. The van der Waals surface area contributed by atoms with Gasteiger partial charge in [-0.05, 0) is 18.8 Å². The van der Waals surface area contributed by atoms with Crippen molar-refractivity contribution in [2.75, 3.05) is 47.1 Å². The summed E-state index contributed by atoms with van der Waals surface area (Å²) in [4.78, 5) is 2.49. The Kier molecular flexibility index (Phi) is 7.82. The molecule has 0 aromatic rings. The van der Waals surface area contributed by atoms with Gasteiger partial charge in [0.05, 0.1) is 13.2 Å². The van der Waals surface area contributed by atoms with Crippen molar-refractivity contribution in [1.29, 1.82) is 0 Å². The first-order valence-corrected chi connectivity index (χ1v) is 7.14. The molecule has 0 radical (unpaired) electrons. The monoisotopic (exact) mass is 258 g/mol. The molecule has 18 heavy (non-hydrogen) atoms. The van der Waals surface area contributed by atoms with Crippen molar-refractivity contribution in [3.05, 3.63) is 0 Å². The highest BCUT2D eigenvalue weighted by molar-refractivity contribution is 4.85. The molecule has 0 aliphatic heterocycles. The molecule has 0 spiro atoms. The van der Waals surface area contributed by atoms with Crippen molar-refractivity contribution in [3.63, 3.8) is 0 Å². The van der Waals surface area contributed by atoms with Gasteiger partial charge in [0.15, 0.2) is 0 Å². The zero-order valence-corrected chi connectivity index (χ0v) is 12.4. The molecule has 1 N–H and O–H groups in total. The van der Waals surface area contributed by atoms with Gasteiger partial charge in [-0.2, -0.15) is 0 Å². The topological polar surface area (TPSA) is 33.7 Å². The van der Waals surface area contributed by atoms with E-state index in [1.165, 1.54) is 12.8 Å². The molecular weight excluding hydrogens is 228 g/mol. The molecule has 4 nitrogen and oxygen atoms in total. The van der Waals surface area contributed by atoms with E-state index >= 15 is 0 Å². The lowest BCUT2D eigenvalue weighted by Crippen LogP contribution is -2.48. The van der Waals surface area contributed by atoms with Crippen LogP contribution in [0, 0.1) is 5.92 Å². The molecule has 0 saturated heterocycles. The molecule has 108 valence electrons. The fraction of sp³-hybridized carbons (Fsp3) is 1.00. The number of hydrogen-bond donors (Lipinski definition) is 1. The third-order valence-corrected chi connectivity index (χ3v) is 3.60. The van der Waals surface area contributed by atoms with Gasteiger partial charge in [0.1, 0.15) is 0 Å². The second-order valence-electron chi connectivity index (χ2n) is 5.52. The number of methoxy groups -OCH3 is 2. The zero-order valence-electron chi connectivity index (χ0n) is 12.4. The highest BCUT2D eigenvalue weighted by Gasteiger charge is 2.26. The predicted molar refractivity (Wildman–Crippen MR) is 75.0 cm³/mol. The molecule has 1 aliphatic carbocycles. The Labute approximate surface area is 112 Å². The van der Waals surface area contributed by atoms with E-state index in [1.54, 1.807) is 14.2 Å². The van der Waals surface area contributed by atoms with Crippen molar-refractivity contribution in [3.8, 4) is 0 Å². The highest BCUT2D eigenvalue weighted by Crippen LogP contribution is 2.19. The first kappa shape index (κ1) is 15.9. The fourth-order valence-corrected chi connectivity index (χ4v) is 2.22. The number of rotatable bonds is 11. The Hall–Kier alpha value is -0.160. The van der Waals surface area contributed by atoms with E-state index < -0.39 is 0 Å². The van der Waals surface area contributed by atoms with Crippen molar-refractivity contribution >= 4 is 0 Å². The van der Waals surface area contributed by atoms with Crippen LogP contribution in [0.15, 0.2) is 0 Å². The maximum Gasteiger partial charge on any atom is 0.0589 e. The third-order valence-electron chi connectivity index (χ3n) is 3.60. The summed E-state index contributed by atoms with van der Waals surface area (Å²) in [6.07, 6.45) is 2.70. The fourth-order valence-electron chi connectivity index (χ4n) is 2.22. The summed E-state index contributed by atoms with van der Waals surface area (Å²) < 4.78 is 10.4. The van der Waals surface area contributed by atoms with Gasteiger partial charge < -0.3 is 14.8 Å². The van der Waals surface area contributed by atoms with Crippen LogP contribution in [0.5, 0.6) is 0 Å². The van der Waals surface area contributed by atoms with Crippen molar-refractivity contribution < 1.29 is 9.47 Å². The summed E-state index contributed by atoms with van der Waals surface area (Å²) in [7, 11) is 3.53. The van der Waals surface area contributed by atoms with Crippen LogP contribution in [0.25, 0.3) is 0 Å². The Bertz CT molecular complexity index is 200. The van der Waals surface area contributed by atoms with Crippen LogP contribution < -0.4 is 5.32 Å². The van der Waals surface area contributed by atoms with Crippen LogP contribution in [0.3, 0.4) is 0 Å². The minimum absolute atomic E-state index is 0.566. The molecule has 1 unspecified atom stereocenters. The van der Waals surface area contributed by atoms with Crippen LogP contribution in [-0.4, -0.2) is 64.1 Å². The number of ether oxygens (including phenoxy) is 2. The van der Waals surface area contributed by atoms with E-state index in [-0.39, 0.29) is 0 Å². The van der Waals surface area contributed by atoms with Gasteiger partial charge in [-0.1, -0.05) is 13.8 Å². The molecule has 4 heteroatoms. The molecule has 1 aliphatic rings. The smallest absolute Gasteiger partial charge is 0.0589 e. The Morgan fingerprint density at radius 2 is 1.67 bits per heavy atom. The van der Waals surface area contributed by atoms with Crippen LogP contribution >= 0.6 is 0 Å². The lowest BCUT2D eigenvalue weighted by molar-refractivity contribution is 0.0711. The van der Waals surface area contributed by atoms with E-state index in [9.17, 15) is 0 Å². The molecule has 1 rings (SSSR count). The molecule has 1 fully saturated rings. The first-order valence-electron chi connectivity index (χ1n) is 7.14. The Morgan fingerprint density at radius 1 is 1.11 bits per heavy atom.